The lowest BCUT2D eigenvalue weighted by Gasteiger charge is -2.26. The molecule has 0 saturated heterocycles. The van der Waals surface area contributed by atoms with E-state index >= 15 is 0 Å². The first-order valence-corrected chi connectivity index (χ1v) is 5.70. The number of allylic oxidation sites excluding steroid dienone is 2. The molecule has 0 aromatic heterocycles. The average Bonchev–Trinajstić information content (AvgIpc) is 2.24. The maximum Gasteiger partial charge on any atom is 0.0289 e. The molecule has 2 nitrogen and oxygen atoms in total. The molecular weight excluding hydrogens is 184 g/mol. The molecule has 0 aromatic carbocycles. The van der Waals surface area contributed by atoms with Gasteiger partial charge in [0.1, 0.15) is 0 Å². The molecule has 1 heterocycles. The third-order valence-corrected chi connectivity index (χ3v) is 2.96. The molecule has 1 aliphatic heterocycles. The number of hydrogen-bond acceptors (Lipinski definition) is 2. The Morgan fingerprint density at radius 1 is 1.67 bits per heavy atom. The topological polar surface area (TPSA) is 29.3 Å². The lowest BCUT2D eigenvalue weighted by molar-refractivity contribution is 0.285. The number of rotatable bonds is 2. The highest BCUT2D eigenvalue weighted by atomic mass is 15.1. The Morgan fingerprint density at radius 3 is 2.93 bits per heavy atom. The molecule has 86 valence electrons. The van der Waals surface area contributed by atoms with Gasteiger partial charge in [-0.1, -0.05) is 23.3 Å². The summed E-state index contributed by atoms with van der Waals surface area (Å²) in [5.41, 5.74) is 9.07. The van der Waals surface area contributed by atoms with E-state index in [1.807, 2.05) is 0 Å². The van der Waals surface area contributed by atoms with E-state index in [2.05, 4.69) is 44.9 Å². The Bertz CT molecular complexity index is 274. The second kappa shape index (κ2) is 4.95. The molecule has 0 radical (unpaired) electrons. The first-order valence-electron chi connectivity index (χ1n) is 5.70. The van der Waals surface area contributed by atoms with Crippen molar-refractivity contribution in [2.24, 2.45) is 5.73 Å². The SMILES string of the molecule is C/C=C(/C)CC1=CC[C@@](C)(N)CN(C)C1. The van der Waals surface area contributed by atoms with Crippen LogP contribution in [-0.4, -0.2) is 30.6 Å². The molecule has 0 aliphatic carbocycles. The molecule has 0 aromatic rings. The summed E-state index contributed by atoms with van der Waals surface area (Å²) in [5.74, 6) is 0. The summed E-state index contributed by atoms with van der Waals surface area (Å²) in [4.78, 5) is 2.32. The summed E-state index contributed by atoms with van der Waals surface area (Å²) in [7, 11) is 2.15. The number of nitrogens with zero attached hydrogens (tertiary/aromatic N) is 1. The first kappa shape index (κ1) is 12.5. The largest absolute Gasteiger partial charge is 0.324 e. The number of nitrogens with two attached hydrogens (primary N) is 1. The predicted octanol–water partition coefficient (Wildman–Crippen LogP) is 2.32. The summed E-state index contributed by atoms with van der Waals surface area (Å²) in [6.07, 6.45) is 6.60. The van der Waals surface area contributed by atoms with Crippen molar-refractivity contribution in [2.75, 3.05) is 20.1 Å². The lowest BCUT2D eigenvalue weighted by atomic mass is 9.98. The van der Waals surface area contributed by atoms with Gasteiger partial charge in [0.2, 0.25) is 0 Å². The van der Waals surface area contributed by atoms with Gasteiger partial charge in [0.25, 0.3) is 0 Å². The Kier molecular flexibility index (Phi) is 4.12. The van der Waals surface area contributed by atoms with E-state index in [1.54, 1.807) is 0 Å². The van der Waals surface area contributed by atoms with Crippen LogP contribution in [0.15, 0.2) is 23.3 Å². The molecule has 15 heavy (non-hydrogen) atoms. The van der Waals surface area contributed by atoms with Gasteiger partial charge in [0, 0.05) is 18.6 Å². The minimum absolute atomic E-state index is 0.0691. The summed E-state index contributed by atoms with van der Waals surface area (Å²) >= 11 is 0. The fourth-order valence-corrected chi connectivity index (χ4v) is 2.11. The average molecular weight is 208 g/mol. The summed E-state index contributed by atoms with van der Waals surface area (Å²) in [6.45, 7) is 8.45. The zero-order valence-corrected chi connectivity index (χ0v) is 10.5. The standard InChI is InChI=1S/C13H24N2/c1-5-11(2)8-12-6-7-13(3,14)10-15(4)9-12/h5-6H,7-10,14H2,1-4H3/b11-5-/t13-/m1/s1. The molecule has 0 saturated carbocycles. The van der Waals surface area contributed by atoms with E-state index < -0.39 is 0 Å². The molecular formula is C13H24N2. The fourth-order valence-electron chi connectivity index (χ4n) is 2.11. The molecule has 0 bridgehead atoms. The van der Waals surface area contributed by atoms with Gasteiger partial charge in [0.15, 0.2) is 0 Å². The van der Waals surface area contributed by atoms with Crippen molar-refractivity contribution in [3.63, 3.8) is 0 Å². The quantitative estimate of drug-likeness (QED) is 0.706. The lowest BCUT2D eigenvalue weighted by Crippen LogP contribution is -2.45. The van der Waals surface area contributed by atoms with Crippen LogP contribution in [0.5, 0.6) is 0 Å². The van der Waals surface area contributed by atoms with Crippen LogP contribution < -0.4 is 5.73 Å². The molecule has 0 unspecified atom stereocenters. The third kappa shape index (κ3) is 4.18. The van der Waals surface area contributed by atoms with Crippen molar-refractivity contribution in [1.29, 1.82) is 0 Å². The van der Waals surface area contributed by atoms with Gasteiger partial charge in [-0.2, -0.15) is 0 Å². The van der Waals surface area contributed by atoms with E-state index in [1.165, 1.54) is 11.1 Å². The highest BCUT2D eigenvalue weighted by Gasteiger charge is 2.22. The first-order chi connectivity index (χ1) is 6.93. The van der Waals surface area contributed by atoms with Crippen LogP contribution in [0.25, 0.3) is 0 Å². The zero-order chi connectivity index (χ0) is 11.5. The monoisotopic (exact) mass is 208 g/mol. The molecule has 1 rings (SSSR count). The normalized spacial score (nSPS) is 29.9. The summed E-state index contributed by atoms with van der Waals surface area (Å²) < 4.78 is 0. The van der Waals surface area contributed by atoms with Gasteiger partial charge < -0.3 is 10.6 Å². The van der Waals surface area contributed by atoms with Crippen LogP contribution in [-0.2, 0) is 0 Å². The van der Waals surface area contributed by atoms with Gasteiger partial charge in [-0.15, -0.1) is 0 Å². The predicted molar refractivity (Wildman–Crippen MR) is 66.8 cm³/mol. The van der Waals surface area contributed by atoms with E-state index in [0.29, 0.717) is 0 Å². The van der Waals surface area contributed by atoms with Crippen LogP contribution in [0.1, 0.15) is 33.6 Å². The third-order valence-electron chi connectivity index (χ3n) is 2.96. The van der Waals surface area contributed by atoms with Crippen LogP contribution in [0.2, 0.25) is 0 Å². The van der Waals surface area contributed by atoms with Crippen molar-refractivity contribution in [3.05, 3.63) is 23.3 Å². The van der Waals surface area contributed by atoms with E-state index in [-0.39, 0.29) is 5.54 Å². The van der Waals surface area contributed by atoms with E-state index in [4.69, 9.17) is 5.73 Å². The van der Waals surface area contributed by atoms with Crippen LogP contribution in [0, 0.1) is 0 Å². The zero-order valence-electron chi connectivity index (χ0n) is 10.5. The van der Waals surface area contributed by atoms with Crippen LogP contribution >= 0.6 is 0 Å². The highest BCUT2D eigenvalue weighted by Crippen LogP contribution is 2.20. The Morgan fingerprint density at radius 2 is 2.33 bits per heavy atom. The highest BCUT2D eigenvalue weighted by molar-refractivity contribution is 5.17. The van der Waals surface area contributed by atoms with E-state index in [0.717, 1.165) is 25.9 Å². The maximum absolute atomic E-state index is 6.19. The number of hydrogen-bond donors (Lipinski definition) is 1. The maximum atomic E-state index is 6.19. The molecule has 0 amide bonds. The van der Waals surface area contributed by atoms with Crippen LogP contribution in [0.4, 0.5) is 0 Å². The van der Waals surface area contributed by atoms with Gasteiger partial charge in [0.05, 0.1) is 0 Å². The molecule has 0 fully saturated rings. The van der Waals surface area contributed by atoms with Crippen molar-refractivity contribution in [3.8, 4) is 0 Å². The molecule has 2 N–H and O–H groups in total. The van der Waals surface area contributed by atoms with Crippen molar-refractivity contribution in [1.82, 2.24) is 4.90 Å². The second-order valence-corrected chi connectivity index (χ2v) is 5.20. The number of likely N-dealkylation sites (N-methyl/N-ethyl adjacent to an activating group) is 1. The fraction of sp³-hybridized carbons (Fsp3) is 0.692. The van der Waals surface area contributed by atoms with Crippen molar-refractivity contribution in [2.45, 2.75) is 39.2 Å². The van der Waals surface area contributed by atoms with Gasteiger partial charge in [-0.05, 0) is 40.7 Å². The minimum atomic E-state index is -0.0691. The van der Waals surface area contributed by atoms with Crippen molar-refractivity contribution < 1.29 is 0 Å². The second-order valence-electron chi connectivity index (χ2n) is 5.20. The smallest absolute Gasteiger partial charge is 0.0289 e. The summed E-state index contributed by atoms with van der Waals surface area (Å²) in [5, 5.41) is 0. The molecule has 0 spiro atoms. The van der Waals surface area contributed by atoms with Crippen LogP contribution in [0.3, 0.4) is 0 Å². The summed E-state index contributed by atoms with van der Waals surface area (Å²) in [6, 6.07) is 0. The molecule has 1 atom stereocenters. The van der Waals surface area contributed by atoms with Gasteiger partial charge >= 0.3 is 0 Å². The Hall–Kier alpha value is -0.600. The van der Waals surface area contributed by atoms with Gasteiger partial charge in [-0.25, -0.2) is 0 Å². The van der Waals surface area contributed by atoms with Gasteiger partial charge in [-0.3, -0.25) is 0 Å². The molecule has 2 heteroatoms. The Labute approximate surface area is 93.8 Å². The molecule has 1 aliphatic rings. The van der Waals surface area contributed by atoms with E-state index in [9.17, 15) is 0 Å². The van der Waals surface area contributed by atoms with Crippen molar-refractivity contribution >= 4 is 0 Å². The minimum Gasteiger partial charge on any atom is -0.324 e. The Balaban J connectivity index is 2.69.